The molecule has 0 aromatic carbocycles. The molecule has 1 aliphatic rings. The third-order valence-corrected chi connectivity index (χ3v) is 3.70. The van der Waals surface area contributed by atoms with Gasteiger partial charge in [-0.1, -0.05) is 18.6 Å². The topological polar surface area (TPSA) is 50.4 Å². The lowest BCUT2D eigenvalue weighted by Gasteiger charge is -2.21. The molecule has 0 aromatic rings. The van der Waals surface area contributed by atoms with Crippen LogP contribution in [-0.4, -0.2) is 30.1 Å². The number of hydrogen-bond acceptors (Lipinski definition) is 2. The normalized spacial score (nSPS) is 22.5. The quantitative estimate of drug-likeness (QED) is 0.437. The summed E-state index contributed by atoms with van der Waals surface area (Å²) in [6.07, 6.45) is 4.01. The summed E-state index contributed by atoms with van der Waals surface area (Å²) < 4.78 is 0. The first kappa shape index (κ1) is 12.4. The van der Waals surface area contributed by atoms with E-state index in [1.807, 2.05) is 18.7 Å². The number of hydrogen-bond donors (Lipinski definition) is 2. The SMILES string of the molecule is C=C(C)CN=C(N)NCC1CCCCS1. The average Bonchev–Trinajstić information content (AvgIpc) is 2.25. The van der Waals surface area contributed by atoms with E-state index < -0.39 is 0 Å². The molecule has 0 aromatic heterocycles. The molecule has 1 saturated heterocycles. The molecular weight excluding hydrogens is 206 g/mol. The van der Waals surface area contributed by atoms with Crippen molar-refractivity contribution >= 4 is 17.7 Å². The first-order valence-electron chi connectivity index (χ1n) is 5.48. The van der Waals surface area contributed by atoms with Gasteiger partial charge in [-0.15, -0.1) is 0 Å². The van der Waals surface area contributed by atoms with Crippen molar-refractivity contribution in [2.75, 3.05) is 18.8 Å². The van der Waals surface area contributed by atoms with Gasteiger partial charge in [-0.2, -0.15) is 11.8 Å². The molecule has 0 spiro atoms. The van der Waals surface area contributed by atoms with Crippen LogP contribution in [0.2, 0.25) is 0 Å². The number of aliphatic imine (C=N–C) groups is 1. The van der Waals surface area contributed by atoms with Crippen LogP contribution in [0, 0.1) is 0 Å². The minimum Gasteiger partial charge on any atom is -0.370 e. The third kappa shape index (κ3) is 5.72. The van der Waals surface area contributed by atoms with Gasteiger partial charge < -0.3 is 11.1 Å². The third-order valence-electron chi connectivity index (χ3n) is 2.30. The second-order valence-electron chi connectivity index (χ2n) is 4.03. The number of rotatable bonds is 4. The lowest BCUT2D eigenvalue weighted by atomic mass is 10.2. The van der Waals surface area contributed by atoms with Gasteiger partial charge in [0.25, 0.3) is 0 Å². The minimum atomic E-state index is 0.546. The molecule has 0 bridgehead atoms. The Labute approximate surface area is 96.6 Å². The van der Waals surface area contributed by atoms with Gasteiger partial charge in [0.1, 0.15) is 0 Å². The van der Waals surface area contributed by atoms with Crippen molar-refractivity contribution in [2.24, 2.45) is 10.7 Å². The molecule has 3 nitrogen and oxygen atoms in total. The fraction of sp³-hybridized carbons (Fsp3) is 0.727. The number of thioether (sulfide) groups is 1. The summed E-state index contributed by atoms with van der Waals surface area (Å²) in [6.45, 7) is 7.30. The lowest BCUT2D eigenvalue weighted by Crippen LogP contribution is -2.37. The van der Waals surface area contributed by atoms with Gasteiger partial charge in [-0.3, -0.25) is 0 Å². The zero-order chi connectivity index (χ0) is 11.1. The zero-order valence-electron chi connectivity index (χ0n) is 9.46. The van der Waals surface area contributed by atoms with Gasteiger partial charge in [-0.25, -0.2) is 4.99 Å². The Hall–Kier alpha value is -0.640. The highest BCUT2D eigenvalue weighted by Crippen LogP contribution is 2.24. The van der Waals surface area contributed by atoms with Crippen LogP contribution in [0.15, 0.2) is 17.1 Å². The van der Waals surface area contributed by atoms with Crippen LogP contribution in [0.4, 0.5) is 0 Å². The van der Waals surface area contributed by atoms with Gasteiger partial charge in [0.15, 0.2) is 5.96 Å². The fourth-order valence-electron chi connectivity index (χ4n) is 1.46. The Morgan fingerprint density at radius 1 is 1.60 bits per heavy atom. The van der Waals surface area contributed by atoms with E-state index in [2.05, 4.69) is 16.9 Å². The smallest absolute Gasteiger partial charge is 0.188 e. The number of nitrogens with two attached hydrogens (primary N) is 1. The Morgan fingerprint density at radius 3 is 3.00 bits per heavy atom. The van der Waals surface area contributed by atoms with Crippen LogP contribution in [0.25, 0.3) is 0 Å². The lowest BCUT2D eigenvalue weighted by molar-refractivity contribution is 0.648. The van der Waals surface area contributed by atoms with E-state index in [9.17, 15) is 0 Å². The highest BCUT2D eigenvalue weighted by Gasteiger charge is 2.13. The summed E-state index contributed by atoms with van der Waals surface area (Å²) in [5, 5.41) is 3.88. The van der Waals surface area contributed by atoms with E-state index in [1.165, 1.54) is 25.0 Å². The highest BCUT2D eigenvalue weighted by molar-refractivity contribution is 7.99. The summed E-state index contributed by atoms with van der Waals surface area (Å²) in [4.78, 5) is 4.18. The van der Waals surface area contributed by atoms with Gasteiger partial charge in [0, 0.05) is 11.8 Å². The van der Waals surface area contributed by atoms with Crippen LogP contribution in [0.5, 0.6) is 0 Å². The largest absolute Gasteiger partial charge is 0.370 e. The van der Waals surface area contributed by atoms with Crippen LogP contribution in [0.1, 0.15) is 26.2 Å². The van der Waals surface area contributed by atoms with Crippen molar-refractivity contribution in [3.8, 4) is 0 Å². The molecule has 0 saturated carbocycles. The van der Waals surface area contributed by atoms with Crippen LogP contribution >= 0.6 is 11.8 Å². The molecule has 4 heteroatoms. The number of nitrogens with one attached hydrogen (secondary N) is 1. The van der Waals surface area contributed by atoms with Crippen molar-refractivity contribution in [3.63, 3.8) is 0 Å². The molecule has 15 heavy (non-hydrogen) atoms. The minimum absolute atomic E-state index is 0.546. The van der Waals surface area contributed by atoms with E-state index in [4.69, 9.17) is 5.73 Å². The van der Waals surface area contributed by atoms with Crippen LogP contribution in [-0.2, 0) is 0 Å². The van der Waals surface area contributed by atoms with Crippen LogP contribution < -0.4 is 11.1 Å². The summed E-state index contributed by atoms with van der Waals surface area (Å²) in [6, 6.07) is 0. The second kappa shape index (κ2) is 6.77. The van der Waals surface area contributed by atoms with E-state index in [0.29, 0.717) is 17.8 Å². The Kier molecular flexibility index (Phi) is 5.61. The molecule has 1 rings (SSSR count). The molecule has 0 aliphatic carbocycles. The highest BCUT2D eigenvalue weighted by atomic mass is 32.2. The molecular formula is C11H21N3S. The maximum Gasteiger partial charge on any atom is 0.188 e. The molecule has 3 N–H and O–H groups in total. The Bertz CT molecular complexity index is 232. The first-order valence-corrected chi connectivity index (χ1v) is 6.53. The number of nitrogens with zero attached hydrogens (tertiary/aromatic N) is 1. The van der Waals surface area contributed by atoms with Crippen molar-refractivity contribution in [2.45, 2.75) is 31.4 Å². The summed E-state index contributed by atoms with van der Waals surface area (Å²) in [7, 11) is 0. The standard InChI is InChI=1S/C11H21N3S/c1-9(2)7-13-11(12)14-8-10-5-3-4-6-15-10/h10H,1,3-8H2,2H3,(H3,12,13,14). The van der Waals surface area contributed by atoms with Crippen molar-refractivity contribution in [1.29, 1.82) is 0 Å². The summed E-state index contributed by atoms with van der Waals surface area (Å²) >= 11 is 2.04. The molecule has 1 aliphatic heterocycles. The molecule has 1 atom stereocenters. The second-order valence-corrected chi connectivity index (χ2v) is 5.44. The van der Waals surface area contributed by atoms with E-state index >= 15 is 0 Å². The maximum absolute atomic E-state index is 5.73. The first-order chi connectivity index (χ1) is 7.18. The summed E-state index contributed by atoms with van der Waals surface area (Å²) in [5.41, 5.74) is 6.76. The predicted molar refractivity (Wildman–Crippen MR) is 69.4 cm³/mol. The zero-order valence-corrected chi connectivity index (χ0v) is 10.3. The summed E-state index contributed by atoms with van der Waals surface area (Å²) in [5.74, 6) is 1.83. The van der Waals surface area contributed by atoms with Crippen LogP contribution in [0.3, 0.4) is 0 Å². The Balaban J connectivity index is 2.17. The van der Waals surface area contributed by atoms with Crippen molar-refractivity contribution < 1.29 is 0 Å². The molecule has 0 amide bonds. The van der Waals surface area contributed by atoms with Crippen molar-refractivity contribution in [3.05, 3.63) is 12.2 Å². The Morgan fingerprint density at radius 2 is 2.40 bits per heavy atom. The average molecular weight is 227 g/mol. The monoisotopic (exact) mass is 227 g/mol. The van der Waals surface area contributed by atoms with Crippen molar-refractivity contribution in [1.82, 2.24) is 5.32 Å². The van der Waals surface area contributed by atoms with Gasteiger partial charge in [0.05, 0.1) is 6.54 Å². The van der Waals surface area contributed by atoms with E-state index in [0.717, 1.165) is 12.1 Å². The maximum atomic E-state index is 5.73. The van der Waals surface area contributed by atoms with E-state index in [-0.39, 0.29) is 0 Å². The van der Waals surface area contributed by atoms with Gasteiger partial charge in [0.2, 0.25) is 0 Å². The molecule has 1 heterocycles. The molecule has 86 valence electrons. The molecule has 0 radical (unpaired) electrons. The van der Waals surface area contributed by atoms with E-state index in [1.54, 1.807) is 0 Å². The van der Waals surface area contributed by atoms with Gasteiger partial charge >= 0.3 is 0 Å². The molecule has 1 fully saturated rings. The predicted octanol–water partition coefficient (Wildman–Crippen LogP) is 1.75. The fourth-order valence-corrected chi connectivity index (χ4v) is 2.70. The number of guanidine groups is 1. The van der Waals surface area contributed by atoms with Gasteiger partial charge in [-0.05, 0) is 25.5 Å². The molecule has 1 unspecified atom stereocenters.